The molecule has 0 spiro atoms. The number of benzene rings is 1. The molecular formula is C24H29N5O2. The molecule has 7 nitrogen and oxygen atoms in total. The molecule has 4 heterocycles. The fraction of sp³-hybridized carbons (Fsp3) is 0.458. The van der Waals surface area contributed by atoms with E-state index >= 15 is 0 Å². The van der Waals surface area contributed by atoms with E-state index in [2.05, 4.69) is 40.6 Å². The zero-order chi connectivity index (χ0) is 21.5. The number of pyridine rings is 1. The van der Waals surface area contributed by atoms with Gasteiger partial charge < -0.3 is 15.0 Å². The summed E-state index contributed by atoms with van der Waals surface area (Å²) in [6, 6.07) is 8.72. The SMILES string of the molecule is CC(Oc1nc(-c2ccc3c(c2)CCN(C)CC3)cc2nn(C)cc12)C1CNC(=O)C1. The largest absolute Gasteiger partial charge is 0.474 e. The van der Waals surface area contributed by atoms with Gasteiger partial charge in [0.05, 0.1) is 16.6 Å². The molecule has 0 radical (unpaired) electrons. The van der Waals surface area contributed by atoms with Gasteiger partial charge in [-0.2, -0.15) is 5.10 Å². The predicted molar refractivity (Wildman–Crippen MR) is 120 cm³/mol. The van der Waals surface area contributed by atoms with Crippen molar-refractivity contribution >= 4 is 16.8 Å². The quantitative estimate of drug-likeness (QED) is 0.704. The van der Waals surface area contributed by atoms with Gasteiger partial charge in [0.1, 0.15) is 6.10 Å². The predicted octanol–water partition coefficient (Wildman–Crippen LogP) is 2.57. The fourth-order valence-corrected chi connectivity index (χ4v) is 4.57. The minimum absolute atomic E-state index is 0.0873. The molecule has 1 aromatic carbocycles. The molecule has 162 valence electrons. The lowest BCUT2D eigenvalue weighted by molar-refractivity contribution is -0.119. The lowest BCUT2D eigenvalue weighted by Crippen LogP contribution is -2.26. The lowest BCUT2D eigenvalue weighted by atomic mass is 9.98. The summed E-state index contributed by atoms with van der Waals surface area (Å²) in [5.74, 6) is 0.820. The van der Waals surface area contributed by atoms with Crippen molar-refractivity contribution in [3.8, 4) is 17.1 Å². The van der Waals surface area contributed by atoms with Gasteiger partial charge in [-0.1, -0.05) is 12.1 Å². The Morgan fingerprint density at radius 1 is 1.16 bits per heavy atom. The number of nitrogens with one attached hydrogen (secondary N) is 1. The maximum Gasteiger partial charge on any atom is 0.225 e. The number of hydrogen-bond donors (Lipinski definition) is 1. The summed E-state index contributed by atoms with van der Waals surface area (Å²) in [6.07, 6.45) is 4.45. The first kappa shape index (κ1) is 20.0. The Morgan fingerprint density at radius 3 is 2.74 bits per heavy atom. The van der Waals surface area contributed by atoms with Gasteiger partial charge in [-0.15, -0.1) is 0 Å². The van der Waals surface area contributed by atoms with E-state index in [9.17, 15) is 4.79 Å². The summed E-state index contributed by atoms with van der Waals surface area (Å²) < 4.78 is 8.11. The van der Waals surface area contributed by atoms with Gasteiger partial charge in [0.25, 0.3) is 0 Å². The van der Waals surface area contributed by atoms with E-state index in [-0.39, 0.29) is 17.9 Å². The van der Waals surface area contributed by atoms with Gasteiger partial charge in [-0.25, -0.2) is 4.98 Å². The molecule has 2 atom stereocenters. The van der Waals surface area contributed by atoms with Crippen molar-refractivity contribution in [2.45, 2.75) is 32.3 Å². The van der Waals surface area contributed by atoms with E-state index in [1.54, 1.807) is 4.68 Å². The highest BCUT2D eigenvalue weighted by Gasteiger charge is 2.29. The van der Waals surface area contributed by atoms with E-state index in [1.807, 2.05) is 26.2 Å². The van der Waals surface area contributed by atoms with Crippen LogP contribution in [0.5, 0.6) is 5.88 Å². The molecule has 2 aliphatic rings. The number of aryl methyl sites for hydroxylation is 1. The summed E-state index contributed by atoms with van der Waals surface area (Å²) >= 11 is 0. The van der Waals surface area contributed by atoms with Crippen molar-refractivity contribution in [2.24, 2.45) is 13.0 Å². The Morgan fingerprint density at radius 2 is 1.97 bits per heavy atom. The molecule has 7 heteroatoms. The second-order valence-electron chi connectivity index (χ2n) is 8.93. The first-order chi connectivity index (χ1) is 15.0. The molecule has 0 bridgehead atoms. The van der Waals surface area contributed by atoms with Crippen LogP contribution < -0.4 is 10.1 Å². The van der Waals surface area contributed by atoms with E-state index in [0.717, 1.165) is 48.1 Å². The molecule has 1 saturated heterocycles. The summed E-state index contributed by atoms with van der Waals surface area (Å²) in [6.45, 7) is 4.83. The second-order valence-corrected chi connectivity index (χ2v) is 8.93. The number of nitrogens with zero attached hydrogens (tertiary/aromatic N) is 4. The molecule has 0 aliphatic carbocycles. The van der Waals surface area contributed by atoms with E-state index in [0.29, 0.717) is 18.8 Å². The number of carbonyl (C=O) groups is 1. The van der Waals surface area contributed by atoms with Gasteiger partial charge in [0.15, 0.2) is 0 Å². The maximum absolute atomic E-state index is 11.6. The van der Waals surface area contributed by atoms with Crippen molar-refractivity contribution in [1.29, 1.82) is 0 Å². The molecule has 2 aliphatic heterocycles. The average molecular weight is 420 g/mol. The van der Waals surface area contributed by atoms with Crippen LogP contribution >= 0.6 is 0 Å². The lowest BCUT2D eigenvalue weighted by Gasteiger charge is -2.19. The number of amides is 1. The molecule has 2 unspecified atom stereocenters. The zero-order valence-electron chi connectivity index (χ0n) is 18.4. The van der Waals surface area contributed by atoms with Crippen LogP contribution in [-0.2, 0) is 24.7 Å². The summed E-state index contributed by atoms with van der Waals surface area (Å²) in [5.41, 5.74) is 5.65. The molecular weight excluding hydrogens is 390 g/mol. The van der Waals surface area contributed by atoms with Crippen molar-refractivity contribution in [2.75, 3.05) is 26.7 Å². The van der Waals surface area contributed by atoms with Crippen LogP contribution in [0.3, 0.4) is 0 Å². The standard InChI is InChI=1S/C24H29N5O2/c1-15(19-11-23(30)25-13-19)31-24-20-14-29(3)27-22(20)12-21(26-24)18-5-4-16-6-8-28(2)9-7-17(16)10-18/h4-5,10,12,14-15,19H,6-9,11,13H2,1-3H3,(H,25,30). The number of rotatable bonds is 4. The molecule has 1 N–H and O–H groups in total. The summed E-state index contributed by atoms with van der Waals surface area (Å²) in [5, 5.41) is 8.40. The molecule has 1 fully saturated rings. The minimum Gasteiger partial charge on any atom is -0.474 e. The molecule has 1 amide bonds. The summed E-state index contributed by atoms with van der Waals surface area (Å²) in [7, 11) is 4.09. The van der Waals surface area contributed by atoms with E-state index in [4.69, 9.17) is 9.72 Å². The van der Waals surface area contributed by atoms with E-state index in [1.165, 1.54) is 11.1 Å². The molecule has 31 heavy (non-hydrogen) atoms. The van der Waals surface area contributed by atoms with Crippen LogP contribution in [0.1, 0.15) is 24.5 Å². The van der Waals surface area contributed by atoms with Crippen LogP contribution in [-0.4, -0.2) is 58.4 Å². The first-order valence-electron chi connectivity index (χ1n) is 11.0. The van der Waals surface area contributed by atoms with Crippen LogP contribution in [0.15, 0.2) is 30.5 Å². The Kier molecular flexibility index (Phi) is 5.14. The summed E-state index contributed by atoms with van der Waals surface area (Å²) in [4.78, 5) is 18.9. The third-order valence-electron chi connectivity index (χ3n) is 6.58. The van der Waals surface area contributed by atoms with Gasteiger partial charge in [0, 0.05) is 50.8 Å². The van der Waals surface area contributed by atoms with Crippen molar-refractivity contribution in [3.05, 3.63) is 41.6 Å². The fourth-order valence-electron chi connectivity index (χ4n) is 4.57. The number of aromatic nitrogens is 3. The highest BCUT2D eigenvalue weighted by Crippen LogP contribution is 2.32. The Labute approximate surface area is 182 Å². The minimum atomic E-state index is -0.118. The highest BCUT2D eigenvalue weighted by molar-refractivity contribution is 5.87. The topological polar surface area (TPSA) is 72.3 Å². The van der Waals surface area contributed by atoms with Crippen LogP contribution in [0.2, 0.25) is 0 Å². The molecule has 0 saturated carbocycles. The average Bonchev–Trinajstić information content (AvgIpc) is 3.30. The van der Waals surface area contributed by atoms with Gasteiger partial charge >= 0.3 is 0 Å². The molecule has 5 rings (SSSR count). The van der Waals surface area contributed by atoms with E-state index < -0.39 is 0 Å². The third-order valence-corrected chi connectivity index (χ3v) is 6.58. The number of fused-ring (bicyclic) bond motifs is 2. The van der Waals surface area contributed by atoms with Crippen molar-refractivity contribution < 1.29 is 9.53 Å². The van der Waals surface area contributed by atoms with Crippen LogP contribution in [0, 0.1) is 5.92 Å². The van der Waals surface area contributed by atoms with Gasteiger partial charge in [-0.3, -0.25) is 9.48 Å². The van der Waals surface area contributed by atoms with Crippen LogP contribution in [0.25, 0.3) is 22.2 Å². The third kappa shape index (κ3) is 4.02. The zero-order valence-corrected chi connectivity index (χ0v) is 18.4. The number of carbonyl (C=O) groups excluding carboxylic acids is 1. The van der Waals surface area contributed by atoms with Gasteiger partial charge in [0.2, 0.25) is 11.8 Å². The number of hydrogen-bond acceptors (Lipinski definition) is 5. The Hall–Kier alpha value is -2.93. The van der Waals surface area contributed by atoms with Crippen LogP contribution in [0.4, 0.5) is 0 Å². The Bertz CT molecular complexity index is 1140. The highest BCUT2D eigenvalue weighted by atomic mass is 16.5. The number of ether oxygens (including phenoxy) is 1. The monoisotopic (exact) mass is 419 g/mol. The normalized spacial score (nSPS) is 20.4. The number of likely N-dealkylation sites (N-methyl/N-ethyl adjacent to an activating group) is 1. The smallest absolute Gasteiger partial charge is 0.225 e. The van der Waals surface area contributed by atoms with Gasteiger partial charge in [-0.05, 0) is 50.1 Å². The molecule has 2 aromatic heterocycles. The first-order valence-corrected chi connectivity index (χ1v) is 11.0. The second kappa shape index (κ2) is 7.96. The Balaban J connectivity index is 1.50. The molecule has 3 aromatic rings. The van der Waals surface area contributed by atoms with Crippen molar-refractivity contribution in [1.82, 2.24) is 25.0 Å². The van der Waals surface area contributed by atoms with Crippen molar-refractivity contribution in [3.63, 3.8) is 0 Å². The maximum atomic E-state index is 11.6.